The zero-order valence-corrected chi connectivity index (χ0v) is 18.3. The van der Waals surface area contributed by atoms with Gasteiger partial charge in [-0.2, -0.15) is 0 Å². The molecule has 0 atom stereocenters. The Hall–Kier alpha value is -1.38. The number of nitrogens with one attached hydrogen (secondary N) is 1. The van der Waals surface area contributed by atoms with Crippen LogP contribution in [-0.2, 0) is 9.53 Å². The van der Waals surface area contributed by atoms with E-state index in [0.29, 0.717) is 5.92 Å². The number of likely N-dealkylation sites (N-methyl/N-ethyl adjacent to an activating group) is 1. The third-order valence-corrected chi connectivity index (χ3v) is 5.20. The summed E-state index contributed by atoms with van der Waals surface area (Å²) in [4.78, 5) is 25.5. The highest BCUT2D eigenvalue weighted by atomic mass is 16.5. The number of carbonyl (C=O) groups is 1. The van der Waals surface area contributed by atoms with Crippen LogP contribution < -0.4 is 5.32 Å². The summed E-state index contributed by atoms with van der Waals surface area (Å²) in [5.74, 6) is 1.60. The predicted molar refractivity (Wildman–Crippen MR) is 114 cm³/mol. The van der Waals surface area contributed by atoms with Gasteiger partial charge in [0, 0.05) is 66.5 Å². The van der Waals surface area contributed by atoms with Gasteiger partial charge < -0.3 is 19.9 Å². The zero-order chi connectivity index (χ0) is 20.4. The van der Waals surface area contributed by atoms with E-state index in [4.69, 9.17) is 4.74 Å². The SMILES string of the molecule is CC(C)CN1CCN(C(=NCC(=O)N(C)C)NCCCN2CCOCC2)CC1. The summed E-state index contributed by atoms with van der Waals surface area (Å²) in [5.41, 5.74) is 0. The summed E-state index contributed by atoms with van der Waals surface area (Å²) in [6, 6.07) is 0. The maximum atomic E-state index is 12.0. The number of guanidine groups is 1. The third-order valence-electron chi connectivity index (χ3n) is 5.20. The maximum Gasteiger partial charge on any atom is 0.243 e. The van der Waals surface area contributed by atoms with Gasteiger partial charge in [-0.15, -0.1) is 0 Å². The topological polar surface area (TPSA) is 63.7 Å². The quantitative estimate of drug-likeness (QED) is 0.354. The molecule has 2 fully saturated rings. The Morgan fingerprint density at radius 3 is 2.36 bits per heavy atom. The molecule has 2 aliphatic rings. The van der Waals surface area contributed by atoms with Crippen molar-refractivity contribution in [3.8, 4) is 0 Å². The molecule has 0 aromatic heterocycles. The van der Waals surface area contributed by atoms with Gasteiger partial charge in [0.05, 0.1) is 13.2 Å². The Labute approximate surface area is 170 Å². The first kappa shape index (κ1) is 22.9. The predicted octanol–water partition coefficient (Wildman–Crippen LogP) is 0.0161. The average molecular weight is 397 g/mol. The highest BCUT2D eigenvalue weighted by Gasteiger charge is 2.20. The Morgan fingerprint density at radius 1 is 1.07 bits per heavy atom. The molecule has 8 nitrogen and oxygen atoms in total. The Morgan fingerprint density at radius 2 is 1.75 bits per heavy atom. The zero-order valence-electron chi connectivity index (χ0n) is 18.3. The van der Waals surface area contributed by atoms with Crippen LogP contribution in [0.4, 0.5) is 0 Å². The molecule has 162 valence electrons. The molecule has 0 aromatic rings. The first-order valence-electron chi connectivity index (χ1n) is 10.7. The molecule has 0 saturated carbocycles. The van der Waals surface area contributed by atoms with Crippen LogP contribution in [0, 0.1) is 5.92 Å². The molecule has 0 spiro atoms. The molecule has 0 unspecified atom stereocenters. The molecule has 1 N–H and O–H groups in total. The fourth-order valence-electron chi connectivity index (χ4n) is 3.54. The van der Waals surface area contributed by atoms with Crippen molar-refractivity contribution < 1.29 is 9.53 Å². The van der Waals surface area contributed by atoms with Gasteiger partial charge in [0.25, 0.3) is 0 Å². The molecule has 28 heavy (non-hydrogen) atoms. The van der Waals surface area contributed by atoms with Crippen molar-refractivity contribution in [3.63, 3.8) is 0 Å². The van der Waals surface area contributed by atoms with Gasteiger partial charge in [-0.1, -0.05) is 13.8 Å². The van der Waals surface area contributed by atoms with Crippen LogP contribution in [0.3, 0.4) is 0 Å². The largest absolute Gasteiger partial charge is 0.379 e. The second-order valence-electron chi connectivity index (χ2n) is 8.34. The minimum absolute atomic E-state index is 0.0334. The van der Waals surface area contributed by atoms with Gasteiger partial charge in [-0.3, -0.25) is 14.6 Å². The van der Waals surface area contributed by atoms with E-state index in [1.807, 2.05) is 0 Å². The van der Waals surface area contributed by atoms with Gasteiger partial charge in [0.2, 0.25) is 5.91 Å². The van der Waals surface area contributed by atoms with Crippen molar-refractivity contribution in [2.45, 2.75) is 20.3 Å². The molecule has 2 rings (SSSR count). The fourth-order valence-corrected chi connectivity index (χ4v) is 3.54. The number of hydrogen-bond donors (Lipinski definition) is 1. The molecule has 2 aliphatic heterocycles. The lowest BCUT2D eigenvalue weighted by atomic mass is 10.2. The maximum absolute atomic E-state index is 12.0. The molecule has 1 amide bonds. The van der Waals surface area contributed by atoms with Crippen molar-refractivity contribution in [3.05, 3.63) is 0 Å². The molecule has 2 heterocycles. The molecular weight excluding hydrogens is 356 g/mol. The van der Waals surface area contributed by atoms with Crippen LogP contribution in [0.5, 0.6) is 0 Å². The lowest BCUT2D eigenvalue weighted by Gasteiger charge is -2.37. The summed E-state index contributed by atoms with van der Waals surface area (Å²) in [7, 11) is 3.55. The van der Waals surface area contributed by atoms with Crippen molar-refractivity contribution in [2.75, 3.05) is 92.8 Å². The van der Waals surface area contributed by atoms with E-state index in [9.17, 15) is 4.79 Å². The molecule has 0 bridgehead atoms. The molecule has 0 aliphatic carbocycles. The summed E-state index contributed by atoms with van der Waals surface area (Å²) >= 11 is 0. The number of carbonyl (C=O) groups excluding carboxylic acids is 1. The lowest BCUT2D eigenvalue weighted by molar-refractivity contribution is -0.127. The number of piperazine rings is 1. The number of amides is 1. The second kappa shape index (κ2) is 12.2. The van der Waals surface area contributed by atoms with E-state index in [0.717, 1.165) is 84.5 Å². The Kier molecular flexibility index (Phi) is 10.0. The number of hydrogen-bond acceptors (Lipinski definition) is 5. The van der Waals surface area contributed by atoms with Crippen LogP contribution in [0.15, 0.2) is 4.99 Å². The van der Waals surface area contributed by atoms with Gasteiger partial charge in [0.1, 0.15) is 6.54 Å². The van der Waals surface area contributed by atoms with E-state index in [-0.39, 0.29) is 12.5 Å². The second-order valence-corrected chi connectivity index (χ2v) is 8.34. The normalized spacial score (nSPS) is 19.9. The molecular formula is C20H40N6O2. The van der Waals surface area contributed by atoms with Gasteiger partial charge in [-0.25, -0.2) is 4.99 Å². The van der Waals surface area contributed by atoms with Crippen LogP contribution in [0.1, 0.15) is 20.3 Å². The first-order chi connectivity index (χ1) is 13.5. The highest BCUT2D eigenvalue weighted by molar-refractivity contribution is 5.84. The van der Waals surface area contributed by atoms with E-state index >= 15 is 0 Å². The van der Waals surface area contributed by atoms with E-state index in [1.54, 1.807) is 19.0 Å². The summed E-state index contributed by atoms with van der Waals surface area (Å²) in [5, 5.41) is 3.51. The smallest absolute Gasteiger partial charge is 0.243 e. The van der Waals surface area contributed by atoms with Crippen LogP contribution in [0.2, 0.25) is 0 Å². The number of morpholine rings is 1. The monoisotopic (exact) mass is 396 g/mol. The molecule has 8 heteroatoms. The average Bonchev–Trinajstić information content (AvgIpc) is 2.68. The minimum atomic E-state index is 0.0334. The number of aliphatic imine (C=N–C) groups is 1. The molecule has 2 saturated heterocycles. The molecule has 0 aromatic carbocycles. The summed E-state index contributed by atoms with van der Waals surface area (Å²) in [6.45, 7) is 15.6. The van der Waals surface area contributed by atoms with E-state index in [2.05, 4.69) is 38.9 Å². The van der Waals surface area contributed by atoms with Crippen molar-refractivity contribution in [1.82, 2.24) is 24.9 Å². The summed E-state index contributed by atoms with van der Waals surface area (Å²) < 4.78 is 5.41. The minimum Gasteiger partial charge on any atom is -0.379 e. The Bertz CT molecular complexity index is 483. The van der Waals surface area contributed by atoms with Gasteiger partial charge in [-0.05, 0) is 18.9 Å². The van der Waals surface area contributed by atoms with Crippen molar-refractivity contribution in [1.29, 1.82) is 0 Å². The van der Waals surface area contributed by atoms with E-state index in [1.165, 1.54) is 0 Å². The molecule has 0 radical (unpaired) electrons. The number of ether oxygens (including phenoxy) is 1. The van der Waals surface area contributed by atoms with Gasteiger partial charge >= 0.3 is 0 Å². The number of nitrogens with zero attached hydrogens (tertiary/aromatic N) is 5. The van der Waals surface area contributed by atoms with E-state index < -0.39 is 0 Å². The Balaban J connectivity index is 1.82. The first-order valence-corrected chi connectivity index (χ1v) is 10.7. The van der Waals surface area contributed by atoms with Crippen LogP contribution in [-0.4, -0.2) is 124 Å². The van der Waals surface area contributed by atoms with Crippen LogP contribution >= 0.6 is 0 Å². The third kappa shape index (κ3) is 8.32. The van der Waals surface area contributed by atoms with Crippen molar-refractivity contribution in [2.24, 2.45) is 10.9 Å². The van der Waals surface area contributed by atoms with Crippen LogP contribution in [0.25, 0.3) is 0 Å². The lowest BCUT2D eigenvalue weighted by Crippen LogP contribution is -2.53. The highest BCUT2D eigenvalue weighted by Crippen LogP contribution is 2.06. The fraction of sp³-hybridized carbons (Fsp3) is 0.900. The number of rotatable bonds is 8. The van der Waals surface area contributed by atoms with Crippen molar-refractivity contribution >= 4 is 11.9 Å². The summed E-state index contributed by atoms with van der Waals surface area (Å²) in [6.07, 6.45) is 1.06. The standard InChI is InChI=1S/C20H40N6O2/c1-18(2)17-25-8-10-26(11-9-25)20(22-16-19(27)23(3)4)21-6-5-7-24-12-14-28-15-13-24/h18H,5-17H2,1-4H3,(H,21,22). The van der Waals surface area contributed by atoms with Gasteiger partial charge in [0.15, 0.2) is 5.96 Å².